The molecule has 0 aliphatic carbocycles. The zero-order valence-electron chi connectivity index (χ0n) is 17.3. The van der Waals surface area contributed by atoms with Gasteiger partial charge in [-0.1, -0.05) is 24.3 Å². The Hall–Kier alpha value is -3.00. The first-order valence-electron chi connectivity index (χ1n) is 9.96. The van der Waals surface area contributed by atoms with Crippen molar-refractivity contribution in [3.05, 3.63) is 42.2 Å². The zero-order chi connectivity index (χ0) is 21.7. The number of hydrogen-bond donors (Lipinski definition) is 1. The molecule has 8 nitrogen and oxygen atoms in total. The third-order valence-corrected chi connectivity index (χ3v) is 5.75. The second-order valence-corrected chi connectivity index (χ2v) is 8.09. The molecule has 0 saturated carbocycles. The number of carbonyl (C=O) groups excluding carboxylic acids is 2. The Morgan fingerprint density at radius 2 is 1.93 bits per heavy atom. The summed E-state index contributed by atoms with van der Waals surface area (Å²) >= 11 is 0. The molecule has 1 aromatic carbocycles. The standard InChI is InChI=1S/C21H25N3O3.CH2O2/c1-23(2)14-17-12-21(20(26)27-17)7-9-24(10-8-21)19(25)18-11-15-5-3-4-6-16(15)13-22-18;2-1-3/h3-6,11,13,17H,7-10,12,14H2,1-2H3;1H,(H,2,3). The van der Waals surface area contributed by atoms with Gasteiger partial charge in [0.15, 0.2) is 0 Å². The van der Waals surface area contributed by atoms with Crippen LogP contribution >= 0.6 is 0 Å². The van der Waals surface area contributed by atoms with Crippen LogP contribution in [0.3, 0.4) is 0 Å². The third kappa shape index (κ3) is 4.59. The number of carboxylic acid groups (broad SMARTS) is 1. The summed E-state index contributed by atoms with van der Waals surface area (Å²) in [5.41, 5.74) is 0.0398. The summed E-state index contributed by atoms with van der Waals surface area (Å²) in [4.78, 5) is 41.9. The predicted molar refractivity (Wildman–Crippen MR) is 111 cm³/mol. The number of pyridine rings is 1. The van der Waals surface area contributed by atoms with E-state index in [1.54, 1.807) is 6.20 Å². The van der Waals surface area contributed by atoms with Crippen LogP contribution in [0, 0.1) is 5.41 Å². The van der Waals surface area contributed by atoms with Crippen LogP contribution in [0.15, 0.2) is 36.5 Å². The van der Waals surface area contributed by atoms with E-state index in [9.17, 15) is 9.59 Å². The number of piperidine rings is 1. The Labute approximate surface area is 175 Å². The Bertz CT molecular complexity index is 922. The summed E-state index contributed by atoms with van der Waals surface area (Å²) in [5.74, 6) is -0.155. The van der Waals surface area contributed by atoms with Crippen LogP contribution in [0.5, 0.6) is 0 Å². The highest BCUT2D eigenvalue weighted by atomic mass is 16.6. The maximum atomic E-state index is 12.9. The highest BCUT2D eigenvalue weighted by Gasteiger charge is 2.50. The monoisotopic (exact) mass is 413 g/mol. The van der Waals surface area contributed by atoms with Crippen molar-refractivity contribution >= 4 is 29.1 Å². The van der Waals surface area contributed by atoms with Crippen molar-refractivity contribution in [1.29, 1.82) is 0 Å². The molecule has 2 saturated heterocycles. The largest absolute Gasteiger partial charge is 0.483 e. The number of rotatable bonds is 3. The molecule has 1 aromatic heterocycles. The van der Waals surface area contributed by atoms with E-state index in [-0.39, 0.29) is 24.5 Å². The number of aromatic nitrogens is 1. The maximum absolute atomic E-state index is 12.9. The number of cyclic esters (lactones) is 1. The highest BCUT2D eigenvalue weighted by Crippen LogP contribution is 2.43. The van der Waals surface area contributed by atoms with E-state index in [0.717, 1.165) is 23.7 Å². The summed E-state index contributed by atoms with van der Waals surface area (Å²) < 4.78 is 5.60. The summed E-state index contributed by atoms with van der Waals surface area (Å²) in [5, 5.41) is 8.92. The number of esters is 1. The molecule has 8 heteroatoms. The zero-order valence-corrected chi connectivity index (χ0v) is 17.3. The number of likely N-dealkylation sites (N-methyl/N-ethyl adjacent to an activating group) is 1. The summed E-state index contributed by atoms with van der Waals surface area (Å²) in [6.07, 6.45) is 3.77. The van der Waals surface area contributed by atoms with E-state index in [2.05, 4.69) is 4.98 Å². The van der Waals surface area contributed by atoms with Gasteiger partial charge in [-0.05, 0) is 38.4 Å². The van der Waals surface area contributed by atoms with Crippen molar-refractivity contribution in [2.24, 2.45) is 5.41 Å². The van der Waals surface area contributed by atoms with Gasteiger partial charge in [-0.3, -0.25) is 19.4 Å². The van der Waals surface area contributed by atoms with Gasteiger partial charge in [-0.25, -0.2) is 0 Å². The summed E-state index contributed by atoms with van der Waals surface area (Å²) in [6.45, 7) is 1.63. The van der Waals surface area contributed by atoms with Crippen molar-refractivity contribution in [3.63, 3.8) is 0 Å². The van der Waals surface area contributed by atoms with E-state index >= 15 is 0 Å². The lowest BCUT2D eigenvalue weighted by atomic mass is 9.76. The normalized spacial score (nSPS) is 20.0. The van der Waals surface area contributed by atoms with Gasteiger partial charge in [0.1, 0.15) is 11.8 Å². The van der Waals surface area contributed by atoms with Crippen LogP contribution in [-0.2, 0) is 14.3 Å². The SMILES string of the molecule is CN(C)CC1CC2(CCN(C(=O)c3cc4ccccc4cn3)CC2)C(=O)O1.O=CO. The smallest absolute Gasteiger partial charge is 0.312 e. The lowest BCUT2D eigenvalue weighted by Gasteiger charge is -2.36. The minimum Gasteiger partial charge on any atom is -0.483 e. The fourth-order valence-corrected chi connectivity index (χ4v) is 4.25. The van der Waals surface area contributed by atoms with E-state index in [1.165, 1.54) is 0 Å². The molecule has 3 heterocycles. The Morgan fingerprint density at radius 1 is 1.30 bits per heavy atom. The third-order valence-electron chi connectivity index (χ3n) is 5.75. The molecule has 1 spiro atoms. The average Bonchev–Trinajstić information content (AvgIpc) is 3.02. The molecule has 2 aliphatic rings. The predicted octanol–water partition coefficient (Wildman–Crippen LogP) is 2.04. The number of carbonyl (C=O) groups is 3. The summed E-state index contributed by atoms with van der Waals surface area (Å²) in [7, 11) is 3.97. The van der Waals surface area contributed by atoms with Crippen molar-refractivity contribution < 1.29 is 24.2 Å². The van der Waals surface area contributed by atoms with E-state index in [0.29, 0.717) is 31.6 Å². The number of nitrogens with zero attached hydrogens (tertiary/aromatic N) is 3. The van der Waals surface area contributed by atoms with Gasteiger partial charge >= 0.3 is 5.97 Å². The second-order valence-electron chi connectivity index (χ2n) is 8.09. The quantitative estimate of drug-likeness (QED) is 0.607. The number of likely N-dealkylation sites (tertiary alicyclic amines) is 1. The van der Waals surface area contributed by atoms with E-state index < -0.39 is 5.41 Å². The molecule has 1 N–H and O–H groups in total. The first kappa shape index (κ1) is 21.7. The minimum atomic E-state index is -0.422. The molecule has 4 rings (SSSR count). The van der Waals surface area contributed by atoms with Gasteiger partial charge in [-0.15, -0.1) is 0 Å². The second kappa shape index (κ2) is 9.21. The van der Waals surface area contributed by atoms with Crippen LogP contribution in [0.4, 0.5) is 0 Å². The highest BCUT2D eigenvalue weighted by molar-refractivity contribution is 5.96. The van der Waals surface area contributed by atoms with Gasteiger partial charge in [0.05, 0.1) is 5.41 Å². The van der Waals surface area contributed by atoms with E-state index in [4.69, 9.17) is 14.6 Å². The molecule has 0 radical (unpaired) electrons. The number of benzene rings is 1. The molecular formula is C22H27N3O5. The molecule has 1 amide bonds. The van der Waals surface area contributed by atoms with Crippen LogP contribution in [0.1, 0.15) is 29.8 Å². The van der Waals surface area contributed by atoms with Crippen molar-refractivity contribution in [3.8, 4) is 0 Å². The van der Waals surface area contributed by atoms with Gasteiger partial charge < -0.3 is 19.6 Å². The molecule has 0 bridgehead atoms. The van der Waals surface area contributed by atoms with Gasteiger partial charge in [0.2, 0.25) is 0 Å². The van der Waals surface area contributed by atoms with Crippen molar-refractivity contribution in [1.82, 2.24) is 14.8 Å². The maximum Gasteiger partial charge on any atom is 0.312 e. The van der Waals surface area contributed by atoms with Gasteiger partial charge in [0.25, 0.3) is 12.4 Å². The Morgan fingerprint density at radius 3 is 2.57 bits per heavy atom. The number of hydrogen-bond acceptors (Lipinski definition) is 6. The molecule has 2 fully saturated rings. The Kier molecular flexibility index (Phi) is 6.66. The minimum absolute atomic E-state index is 0.0445. The van der Waals surface area contributed by atoms with Crippen LogP contribution in [0.25, 0.3) is 10.8 Å². The van der Waals surface area contributed by atoms with Crippen LogP contribution < -0.4 is 0 Å². The number of ether oxygens (including phenoxy) is 1. The molecule has 30 heavy (non-hydrogen) atoms. The van der Waals surface area contributed by atoms with Gasteiger partial charge in [0, 0.05) is 37.6 Å². The van der Waals surface area contributed by atoms with Gasteiger partial charge in [-0.2, -0.15) is 0 Å². The van der Waals surface area contributed by atoms with Crippen molar-refractivity contribution in [2.75, 3.05) is 33.7 Å². The first-order chi connectivity index (χ1) is 14.4. The topological polar surface area (TPSA) is 100 Å². The molecular weight excluding hydrogens is 386 g/mol. The number of amides is 1. The van der Waals surface area contributed by atoms with Crippen LogP contribution in [0.2, 0.25) is 0 Å². The molecule has 2 aliphatic heterocycles. The molecule has 1 atom stereocenters. The Balaban J connectivity index is 0.000000806. The average molecular weight is 413 g/mol. The number of fused-ring (bicyclic) bond motifs is 1. The molecule has 160 valence electrons. The molecule has 2 aromatic rings. The lowest BCUT2D eigenvalue weighted by Crippen LogP contribution is -2.45. The molecule has 1 unspecified atom stereocenters. The fraction of sp³-hybridized carbons (Fsp3) is 0.455. The summed E-state index contributed by atoms with van der Waals surface area (Å²) in [6, 6.07) is 9.73. The first-order valence-corrected chi connectivity index (χ1v) is 9.96. The van der Waals surface area contributed by atoms with Crippen LogP contribution in [-0.4, -0.2) is 78.1 Å². The van der Waals surface area contributed by atoms with E-state index in [1.807, 2.05) is 54.2 Å². The van der Waals surface area contributed by atoms with Crippen molar-refractivity contribution in [2.45, 2.75) is 25.4 Å². The lowest BCUT2D eigenvalue weighted by molar-refractivity contribution is -0.150. The fourth-order valence-electron chi connectivity index (χ4n) is 4.25.